The van der Waals surface area contributed by atoms with Gasteiger partial charge in [0.15, 0.2) is 0 Å². The number of aliphatic hydroxyl groups is 1. The average Bonchev–Trinajstić information content (AvgIpc) is 2.50. The lowest BCUT2D eigenvalue weighted by Crippen LogP contribution is -2.39. The monoisotopic (exact) mass is 384 g/mol. The van der Waals surface area contributed by atoms with Crippen LogP contribution in [-0.2, 0) is 4.79 Å². The number of amides is 1. The minimum Gasteiger partial charge on any atom is -0.396 e. The fraction of sp³-hybridized carbons (Fsp3) is 0.500. The van der Waals surface area contributed by atoms with E-state index in [1.807, 2.05) is 4.90 Å². The molecule has 2 rings (SSSR count). The number of nitrogens with one attached hydrogen (secondary N) is 1. The summed E-state index contributed by atoms with van der Waals surface area (Å²) in [4.78, 5) is 14.2. The molecule has 1 saturated heterocycles. The van der Waals surface area contributed by atoms with Crippen molar-refractivity contribution in [3.05, 3.63) is 26.2 Å². The van der Waals surface area contributed by atoms with Crippen LogP contribution < -0.4 is 5.32 Å². The number of carbonyl (C=O) groups excluding carboxylic acids is 1. The molecule has 0 radical (unpaired) electrons. The number of hydrogen-bond acceptors (Lipinski definition) is 3. The second-order valence-electron chi connectivity index (χ2n) is 5.29. The van der Waals surface area contributed by atoms with Crippen molar-refractivity contribution in [1.29, 1.82) is 0 Å². The van der Waals surface area contributed by atoms with Gasteiger partial charge in [0.05, 0.1) is 32.3 Å². The molecule has 1 amide bonds. The van der Waals surface area contributed by atoms with Crippen LogP contribution in [-0.4, -0.2) is 42.2 Å². The molecule has 0 spiro atoms. The number of likely N-dealkylation sites (tertiary alicyclic amines) is 1. The molecule has 0 bridgehead atoms. The molecule has 0 unspecified atom stereocenters. The third kappa shape index (κ3) is 4.40. The largest absolute Gasteiger partial charge is 0.396 e. The van der Waals surface area contributed by atoms with E-state index in [1.54, 1.807) is 0 Å². The van der Waals surface area contributed by atoms with E-state index >= 15 is 0 Å². The van der Waals surface area contributed by atoms with Gasteiger partial charge in [0.2, 0.25) is 5.91 Å². The highest BCUT2D eigenvalue weighted by atomic mass is 35.5. The summed E-state index contributed by atoms with van der Waals surface area (Å²) in [6, 6.07) is 1.43. The van der Waals surface area contributed by atoms with Crippen molar-refractivity contribution >= 4 is 58.0 Å². The average molecular weight is 386 g/mol. The van der Waals surface area contributed by atoms with E-state index in [0.29, 0.717) is 5.92 Å². The molecule has 0 aromatic heterocycles. The highest BCUT2D eigenvalue weighted by Gasteiger charge is 2.22. The van der Waals surface area contributed by atoms with Crippen molar-refractivity contribution in [3.8, 4) is 0 Å². The summed E-state index contributed by atoms with van der Waals surface area (Å²) < 4.78 is 0. The van der Waals surface area contributed by atoms with Gasteiger partial charge in [-0.1, -0.05) is 46.4 Å². The molecule has 1 heterocycles. The maximum atomic E-state index is 12.2. The Balaban J connectivity index is 1.98. The Labute approximate surface area is 149 Å². The summed E-state index contributed by atoms with van der Waals surface area (Å²) >= 11 is 24.0. The molecule has 4 nitrogen and oxygen atoms in total. The number of rotatable bonds is 4. The van der Waals surface area contributed by atoms with Crippen LogP contribution in [0.1, 0.15) is 12.8 Å². The SMILES string of the molecule is O=C(CN1CCC(CO)CC1)Nc1c(Cl)c(Cl)cc(Cl)c1Cl. The molecule has 0 saturated carbocycles. The van der Waals surface area contributed by atoms with Gasteiger partial charge in [-0.25, -0.2) is 0 Å². The van der Waals surface area contributed by atoms with Gasteiger partial charge in [-0.15, -0.1) is 0 Å². The first-order valence-electron chi connectivity index (χ1n) is 6.88. The molecule has 0 aliphatic carbocycles. The molecule has 1 aromatic rings. The van der Waals surface area contributed by atoms with Gasteiger partial charge >= 0.3 is 0 Å². The lowest BCUT2D eigenvalue weighted by atomic mass is 9.98. The van der Waals surface area contributed by atoms with E-state index in [0.717, 1.165) is 25.9 Å². The molecular weight excluding hydrogens is 370 g/mol. The summed E-state index contributed by atoms with van der Waals surface area (Å²) in [5.74, 6) is 0.0968. The number of piperidine rings is 1. The van der Waals surface area contributed by atoms with Gasteiger partial charge in [0.25, 0.3) is 0 Å². The second kappa shape index (κ2) is 8.04. The first-order valence-corrected chi connectivity index (χ1v) is 8.39. The summed E-state index contributed by atoms with van der Waals surface area (Å²) in [5.41, 5.74) is 0.232. The quantitative estimate of drug-likeness (QED) is 0.771. The lowest BCUT2D eigenvalue weighted by molar-refractivity contribution is -0.117. The normalized spacial score (nSPS) is 16.8. The lowest BCUT2D eigenvalue weighted by Gasteiger charge is -2.30. The zero-order valence-corrected chi connectivity index (χ0v) is 14.7. The van der Waals surface area contributed by atoms with E-state index in [4.69, 9.17) is 51.5 Å². The van der Waals surface area contributed by atoms with Crippen molar-refractivity contribution in [3.63, 3.8) is 0 Å². The summed E-state index contributed by atoms with van der Waals surface area (Å²) in [7, 11) is 0. The number of aliphatic hydroxyl groups excluding tert-OH is 1. The Morgan fingerprint density at radius 3 is 2.23 bits per heavy atom. The van der Waals surface area contributed by atoms with Crippen LogP contribution in [0.4, 0.5) is 5.69 Å². The van der Waals surface area contributed by atoms with E-state index in [2.05, 4.69) is 5.32 Å². The zero-order chi connectivity index (χ0) is 16.3. The minimum absolute atomic E-state index is 0.170. The van der Waals surface area contributed by atoms with E-state index in [9.17, 15) is 4.79 Å². The van der Waals surface area contributed by atoms with Crippen molar-refractivity contribution in [2.45, 2.75) is 12.8 Å². The second-order valence-corrected chi connectivity index (χ2v) is 6.86. The molecular formula is C14H16Cl4N2O2. The molecule has 1 fully saturated rings. The van der Waals surface area contributed by atoms with Crippen LogP contribution in [0.25, 0.3) is 0 Å². The van der Waals surface area contributed by atoms with Crippen molar-refractivity contribution < 1.29 is 9.90 Å². The Hall–Kier alpha value is -0.230. The molecule has 2 N–H and O–H groups in total. The minimum atomic E-state index is -0.232. The number of nitrogens with zero attached hydrogens (tertiary/aromatic N) is 1. The van der Waals surface area contributed by atoms with Gasteiger partial charge in [-0.05, 0) is 37.9 Å². The smallest absolute Gasteiger partial charge is 0.238 e. The van der Waals surface area contributed by atoms with Gasteiger partial charge < -0.3 is 10.4 Å². The highest BCUT2D eigenvalue weighted by molar-refractivity contribution is 6.50. The summed E-state index contributed by atoms with van der Waals surface area (Å²) in [5, 5.41) is 12.6. The third-order valence-corrected chi connectivity index (χ3v) is 5.28. The Morgan fingerprint density at radius 1 is 1.18 bits per heavy atom. The van der Waals surface area contributed by atoms with Crippen LogP contribution in [0, 0.1) is 5.92 Å². The predicted molar refractivity (Wildman–Crippen MR) is 91.4 cm³/mol. The van der Waals surface area contributed by atoms with Crippen LogP contribution in [0.2, 0.25) is 20.1 Å². The third-order valence-electron chi connectivity index (χ3n) is 3.71. The topological polar surface area (TPSA) is 52.6 Å². The maximum Gasteiger partial charge on any atom is 0.238 e. The van der Waals surface area contributed by atoms with Gasteiger partial charge in [-0.2, -0.15) is 0 Å². The molecule has 0 atom stereocenters. The molecule has 122 valence electrons. The Bertz CT molecular complexity index is 534. The highest BCUT2D eigenvalue weighted by Crippen LogP contribution is 2.40. The predicted octanol–water partition coefficient (Wildman–Crippen LogP) is 3.94. The van der Waals surface area contributed by atoms with Crippen molar-refractivity contribution in [2.75, 3.05) is 31.6 Å². The first-order chi connectivity index (χ1) is 10.4. The van der Waals surface area contributed by atoms with Crippen LogP contribution in [0.5, 0.6) is 0 Å². The van der Waals surface area contributed by atoms with Gasteiger partial charge in [-0.3, -0.25) is 9.69 Å². The number of halogens is 4. The van der Waals surface area contributed by atoms with E-state index < -0.39 is 0 Å². The fourth-order valence-corrected chi connectivity index (χ4v) is 3.30. The number of benzene rings is 1. The van der Waals surface area contributed by atoms with Crippen molar-refractivity contribution in [2.24, 2.45) is 5.92 Å². The fourth-order valence-electron chi connectivity index (χ4n) is 2.39. The first kappa shape index (κ1) is 18.1. The van der Waals surface area contributed by atoms with E-state index in [1.165, 1.54) is 6.07 Å². The van der Waals surface area contributed by atoms with Crippen LogP contribution in [0.3, 0.4) is 0 Å². The molecule has 1 aromatic carbocycles. The molecule has 8 heteroatoms. The Morgan fingerprint density at radius 2 is 1.73 bits per heavy atom. The maximum absolute atomic E-state index is 12.2. The van der Waals surface area contributed by atoms with Crippen LogP contribution in [0.15, 0.2) is 6.07 Å². The molecule has 1 aliphatic rings. The summed E-state index contributed by atoms with van der Waals surface area (Å²) in [6.45, 7) is 1.98. The number of carbonyl (C=O) groups is 1. The number of anilines is 1. The van der Waals surface area contributed by atoms with Crippen molar-refractivity contribution in [1.82, 2.24) is 4.90 Å². The molecule has 1 aliphatic heterocycles. The van der Waals surface area contributed by atoms with Gasteiger partial charge in [0.1, 0.15) is 0 Å². The van der Waals surface area contributed by atoms with E-state index in [-0.39, 0.29) is 44.8 Å². The standard InChI is InChI=1S/C14H16Cl4N2O2/c15-9-5-10(16)13(18)14(12(9)17)19-11(22)6-20-3-1-8(7-21)2-4-20/h5,8,21H,1-4,6-7H2,(H,19,22). The number of hydrogen-bond donors (Lipinski definition) is 2. The molecule has 22 heavy (non-hydrogen) atoms. The van der Waals surface area contributed by atoms with Crippen LogP contribution >= 0.6 is 46.4 Å². The zero-order valence-electron chi connectivity index (χ0n) is 11.7. The summed E-state index contributed by atoms with van der Waals surface area (Å²) in [6.07, 6.45) is 1.77. The Kier molecular flexibility index (Phi) is 6.62. The van der Waals surface area contributed by atoms with Gasteiger partial charge in [0, 0.05) is 6.61 Å².